The maximum absolute atomic E-state index is 6.31. The van der Waals surface area contributed by atoms with Gasteiger partial charge in [0.1, 0.15) is 11.5 Å². The molecule has 0 aromatic heterocycles. The van der Waals surface area contributed by atoms with E-state index in [-0.39, 0.29) is 0 Å². The van der Waals surface area contributed by atoms with Gasteiger partial charge in [-0.3, -0.25) is 0 Å². The number of aryl methyl sites for hydroxylation is 1. The molecule has 0 aliphatic heterocycles. The summed E-state index contributed by atoms with van der Waals surface area (Å²) in [6.07, 6.45) is 22.4. The van der Waals surface area contributed by atoms with Gasteiger partial charge in [-0.05, 0) is 96.8 Å². The summed E-state index contributed by atoms with van der Waals surface area (Å²) in [6, 6.07) is 20.9. The van der Waals surface area contributed by atoms with E-state index in [4.69, 9.17) is 9.47 Å². The van der Waals surface area contributed by atoms with Crippen LogP contribution in [0.15, 0.2) is 70.9 Å². The fraction of sp³-hybridized carbons (Fsp3) is 0.581. The molecule has 1 atom stereocenters. The van der Waals surface area contributed by atoms with Gasteiger partial charge in [0.05, 0.1) is 24.6 Å². The van der Waals surface area contributed by atoms with Crippen molar-refractivity contribution in [1.82, 2.24) is 0 Å². The van der Waals surface area contributed by atoms with Crippen LogP contribution in [0.25, 0.3) is 11.1 Å². The van der Waals surface area contributed by atoms with Crippen molar-refractivity contribution < 1.29 is 9.47 Å². The van der Waals surface area contributed by atoms with Crippen molar-refractivity contribution in [3.05, 3.63) is 71.8 Å². The third kappa shape index (κ3) is 14.7. The fourth-order valence-electron chi connectivity index (χ4n) is 6.03. The van der Waals surface area contributed by atoms with Crippen LogP contribution < -0.4 is 9.47 Å². The summed E-state index contributed by atoms with van der Waals surface area (Å²) in [5.74, 6) is 2.32. The maximum atomic E-state index is 6.31. The minimum absolute atomic E-state index is 0.404. The number of ether oxygens (including phenoxy) is 2. The van der Waals surface area contributed by atoms with E-state index in [0.29, 0.717) is 5.92 Å². The van der Waals surface area contributed by atoms with Crippen LogP contribution in [0, 0.1) is 6.92 Å². The normalized spacial score (nSPS) is 12.1. The SMILES string of the molecule is CCCCCCCCCCCCCCCCOc1ccc(/N=N/c2ccc(-c3ccc(OCCCC)cc3)c(C)c2)cc1C(C)CC. The van der Waals surface area contributed by atoms with Crippen molar-refractivity contribution in [1.29, 1.82) is 0 Å². The zero-order chi connectivity index (χ0) is 33.5. The standard InChI is InChI=1S/C43H64N2O2/c1-6-9-11-12-13-14-15-16-17-18-19-20-21-22-32-47-43-30-26-39(34-42(43)35(4)8-3)45-44-38-25-29-41(36(5)33-38)37-23-27-40(28-24-37)46-31-10-7-2/h23-30,33-35H,6-22,31-32H2,1-5H3/b45-44+. The van der Waals surface area contributed by atoms with E-state index >= 15 is 0 Å². The second-order valence-electron chi connectivity index (χ2n) is 13.4. The monoisotopic (exact) mass is 640 g/mol. The van der Waals surface area contributed by atoms with Gasteiger partial charge < -0.3 is 9.47 Å². The second kappa shape index (κ2) is 23.2. The highest BCUT2D eigenvalue weighted by molar-refractivity contribution is 5.70. The molecule has 47 heavy (non-hydrogen) atoms. The van der Waals surface area contributed by atoms with Crippen molar-refractivity contribution in [2.45, 2.75) is 150 Å². The minimum atomic E-state index is 0.404. The van der Waals surface area contributed by atoms with Crippen LogP contribution in [0.2, 0.25) is 0 Å². The summed E-state index contributed by atoms with van der Waals surface area (Å²) in [6.45, 7) is 12.6. The predicted octanol–water partition coefficient (Wildman–Crippen LogP) is 14.6. The molecule has 0 N–H and O–H groups in total. The molecule has 0 aliphatic carbocycles. The molecule has 0 fully saturated rings. The van der Waals surface area contributed by atoms with E-state index in [1.165, 1.54) is 106 Å². The Morgan fingerprint density at radius 3 is 1.66 bits per heavy atom. The third-order valence-electron chi connectivity index (χ3n) is 9.31. The molecular weight excluding hydrogens is 576 g/mol. The van der Waals surface area contributed by atoms with Gasteiger partial charge in [-0.1, -0.05) is 136 Å². The molecule has 0 bridgehead atoms. The van der Waals surface area contributed by atoms with Gasteiger partial charge in [-0.2, -0.15) is 10.2 Å². The minimum Gasteiger partial charge on any atom is -0.494 e. The molecule has 3 aromatic rings. The summed E-state index contributed by atoms with van der Waals surface area (Å²) in [5, 5.41) is 9.21. The summed E-state index contributed by atoms with van der Waals surface area (Å²) < 4.78 is 12.1. The van der Waals surface area contributed by atoms with Crippen molar-refractivity contribution in [3.63, 3.8) is 0 Å². The highest BCUT2D eigenvalue weighted by atomic mass is 16.5. The Morgan fingerprint density at radius 1 is 0.553 bits per heavy atom. The zero-order valence-electron chi connectivity index (χ0n) is 30.5. The van der Waals surface area contributed by atoms with Crippen LogP contribution in [0.5, 0.6) is 11.5 Å². The van der Waals surface area contributed by atoms with E-state index in [0.717, 1.165) is 61.8 Å². The van der Waals surface area contributed by atoms with Crippen LogP contribution in [0.1, 0.15) is 154 Å². The molecule has 0 aliphatic rings. The van der Waals surface area contributed by atoms with Gasteiger partial charge in [0.15, 0.2) is 0 Å². The highest BCUT2D eigenvalue weighted by Crippen LogP contribution is 2.34. The molecule has 0 spiro atoms. The number of nitrogens with zero attached hydrogens (tertiary/aromatic N) is 2. The summed E-state index contributed by atoms with van der Waals surface area (Å²) >= 11 is 0. The first-order valence-electron chi connectivity index (χ1n) is 19.1. The first-order valence-corrected chi connectivity index (χ1v) is 19.1. The summed E-state index contributed by atoms with van der Waals surface area (Å²) in [4.78, 5) is 0. The maximum Gasteiger partial charge on any atom is 0.122 e. The molecular formula is C43H64N2O2. The largest absolute Gasteiger partial charge is 0.494 e. The van der Waals surface area contributed by atoms with Crippen molar-refractivity contribution >= 4 is 11.4 Å². The van der Waals surface area contributed by atoms with Crippen LogP contribution in [0.4, 0.5) is 11.4 Å². The fourth-order valence-corrected chi connectivity index (χ4v) is 6.03. The van der Waals surface area contributed by atoms with Gasteiger partial charge in [-0.25, -0.2) is 0 Å². The average molecular weight is 641 g/mol. The van der Waals surface area contributed by atoms with Gasteiger partial charge in [0, 0.05) is 0 Å². The van der Waals surface area contributed by atoms with E-state index in [9.17, 15) is 0 Å². The van der Waals surface area contributed by atoms with Crippen LogP contribution in [-0.2, 0) is 0 Å². The van der Waals surface area contributed by atoms with Crippen molar-refractivity contribution in [3.8, 4) is 22.6 Å². The van der Waals surface area contributed by atoms with Gasteiger partial charge >= 0.3 is 0 Å². The smallest absolute Gasteiger partial charge is 0.122 e. The molecule has 258 valence electrons. The summed E-state index contributed by atoms with van der Waals surface area (Å²) in [7, 11) is 0. The third-order valence-corrected chi connectivity index (χ3v) is 9.31. The Bertz CT molecular complexity index is 1280. The molecule has 0 heterocycles. The molecule has 0 saturated heterocycles. The quantitative estimate of drug-likeness (QED) is 0.0683. The molecule has 3 aromatic carbocycles. The molecule has 1 unspecified atom stereocenters. The second-order valence-corrected chi connectivity index (χ2v) is 13.4. The Hall–Kier alpha value is -3.14. The molecule has 0 amide bonds. The van der Waals surface area contributed by atoms with E-state index < -0.39 is 0 Å². The zero-order valence-corrected chi connectivity index (χ0v) is 30.5. The van der Waals surface area contributed by atoms with Crippen molar-refractivity contribution in [2.75, 3.05) is 13.2 Å². The number of benzene rings is 3. The van der Waals surface area contributed by atoms with E-state index in [2.05, 4.69) is 93.4 Å². The summed E-state index contributed by atoms with van der Waals surface area (Å²) in [5.41, 5.74) is 6.50. The molecule has 3 rings (SSSR count). The number of rotatable bonds is 25. The van der Waals surface area contributed by atoms with Crippen molar-refractivity contribution in [2.24, 2.45) is 10.2 Å². The molecule has 0 radical (unpaired) electrons. The lowest BCUT2D eigenvalue weighted by molar-refractivity contribution is 0.299. The molecule has 4 heteroatoms. The van der Waals surface area contributed by atoms with Crippen LogP contribution in [-0.4, -0.2) is 13.2 Å². The molecule has 4 nitrogen and oxygen atoms in total. The van der Waals surface area contributed by atoms with Gasteiger partial charge in [0.2, 0.25) is 0 Å². The average Bonchev–Trinajstić information content (AvgIpc) is 3.09. The number of azo groups is 1. The number of hydrogen-bond donors (Lipinski definition) is 0. The lowest BCUT2D eigenvalue weighted by Gasteiger charge is -2.16. The van der Waals surface area contributed by atoms with Gasteiger partial charge in [0.25, 0.3) is 0 Å². The van der Waals surface area contributed by atoms with E-state index in [1.807, 2.05) is 12.1 Å². The van der Waals surface area contributed by atoms with E-state index in [1.54, 1.807) is 0 Å². The first kappa shape index (κ1) is 38.3. The predicted molar refractivity (Wildman–Crippen MR) is 202 cm³/mol. The molecule has 0 saturated carbocycles. The number of unbranched alkanes of at least 4 members (excludes halogenated alkanes) is 14. The van der Waals surface area contributed by atoms with Crippen LogP contribution in [0.3, 0.4) is 0 Å². The Morgan fingerprint density at radius 2 is 1.09 bits per heavy atom. The Balaban J connectivity index is 1.42. The first-order chi connectivity index (χ1) is 23.0. The Labute approximate surface area is 287 Å². The lowest BCUT2D eigenvalue weighted by atomic mass is 9.97. The van der Waals surface area contributed by atoms with Crippen LogP contribution >= 0.6 is 0 Å². The topological polar surface area (TPSA) is 43.2 Å². The lowest BCUT2D eigenvalue weighted by Crippen LogP contribution is -2.02. The number of hydrogen-bond acceptors (Lipinski definition) is 4. The van der Waals surface area contributed by atoms with Gasteiger partial charge in [-0.15, -0.1) is 0 Å². The highest BCUT2D eigenvalue weighted by Gasteiger charge is 2.12. The Kier molecular flexibility index (Phi) is 18.9.